The third-order valence-corrected chi connectivity index (χ3v) is 8.24. The predicted octanol–water partition coefficient (Wildman–Crippen LogP) is -15.9. The Morgan fingerprint density at radius 3 is 2.25 bits per heavy atom. The van der Waals surface area contributed by atoms with Crippen LogP contribution in [0.2, 0.25) is 0 Å². The molecule has 0 bridgehead atoms. The minimum atomic E-state index is -6.13. The van der Waals surface area contributed by atoms with E-state index in [1.165, 1.54) is 11.2 Å². The molecule has 0 aromatic heterocycles. The number of ether oxygens (including phenoxy) is 1. The zero-order valence-electron chi connectivity index (χ0n) is 19.8. The Morgan fingerprint density at radius 2 is 1.69 bits per heavy atom. The summed E-state index contributed by atoms with van der Waals surface area (Å²) >= 11 is 4.35. The van der Waals surface area contributed by atoms with Crippen molar-refractivity contribution in [1.29, 1.82) is 0 Å². The number of rotatable bonds is 8. The number of thiol groups is 1. The van der Waals surface area contributed by atoms with Crippen molar-refractivity contribution in [1.82, 2.24) is 4.90 Å². The minimum absolute atomic E-state index is 0. The second-order valence-corrected chi connectivity index (χ2v) is 11.8. The van der Waals surface area contributed by atoms with Crippen molar-refractivity contribution >= 4 is 54.0 Å². The number of nitrogens with zero attached hydrogens (tertiary/aromatic N) is 4. The summed E-state index contributed by atoms with van der Waals surface area (Å²) in [6, 6.07) is 0. The molecule has 3 aliphatic rings. The van der Waals surface area contributed by atoms with E-state index < -0.39 is 59.5 Å². The SMILES string of the molecule is CC1(S)N=CN=C2C1=NCN2C1OC(COP(=O)([O-])OP(=O)([O-])OP(=O)([O-])[O-])C(O)C1O.[Na+].[Na+].[Na+].[Na+]. The Kier molecular flexibility index (Phi) is 18.2. The molecule has 0 aliphatic carbocycles. The van der Waals surface area contributed by atoms with Crippen LogP contribution < -0.4 is 138 Å². The van der Waals surface area contributed by atoms with Crippen LogP contribution >= 0.6 is 36.1 Å². The summed E-state index contributed by atoms with van der Waals surface area (Å²) < 4.78 is 49.3. The molecule has 2 N–H and O–H groups in total. The van der Waals surface area contributed by atoms with Crippen molar-refractivity contribution in [3.05, 3.63) is 0 Å². The Balaban J connectivity index is 0. The van der Waals surface area contributed by atoms with Gasteiger partial charge >= 0.3 is 118 Å². The molecule has 7 unspecified atom stereocenters. The Labute approximate surface area is 298 Å². The molecule has 0 aromatic carbocycles. The molecule has 1 fully saturated rings. The maximum atomic E-state index is 11.6. The van der Waals surface area contributed by atoms with Gasteiger partial charge in [-0.3, -0.25) is 18.4 Å². The van der Waals surface area contributed by atoms with E-state index in [1.807, 2.05) is 0 Å². The van der Waals surface area contributed by atoms with Crippen LogP contribution in [0.1, 0.15) is 6.92 Å². The van der Waals surface area contributed by atoms with Crippen LogP contribution in [-0.4, -0.2) is 75.7 Å². The number of aliphatic hydroxyl groups is 2. The quantitative estimate of drug-likeness (QED) is 0.128. The minimum Gasteiger partial charge on any atom is -0.790 e. The predicted molar refractivity (Wildman–Crippen MR) is 99.1 cm³/mol. The summed E-state index contributed by atoms with van der Waals surface area (Å²) in [5.74, 6) is 0.247. The molecule has 3 aliphatic heterocycles. The van der Waals surface area contributed by atoms with E-state index in [0.717, 1.165) is 0 Å². The van der Waals surface area contributed by atoms with Gasteiger partial charge in [0.2, 0.25) is 0 Å². The molecular weight excluding hydrogens is 613 g/mol. The van der Waals surface area contributed by atoms with Gasteiger partial charge in [0.05, 0.1) is 14.4 Å². The van der Waals surface area contributed by atoms with Crippen LogP contribution in [0.5, 0.6) is 0 Å². The van der Waals surface area contributed by atoms with Crippen molar-refractivity contribution < 1.29 is 180 Å². The molecule has 0 aromatic rings. The van der Waals surface area contributed by atoms with Crippen LogP contribution in [0.3, 0.4) is 0 Å². The summed E-state index contributed by atoms with van der Waals surface area (Å²) in [5, 5.41) is 20.5. The van der Waals surface area contributed by atoms with E-state index in [1.54, 1.807) is 6.92 Å². The standard InChI is InChI=1S/C11H19N4O13P3S.4Na/c1-11(32)8-9(12-3-14-11)15(4-13-8)10-7(17)6(16)5(26-10)2-25-30(21,22)28-31(23,24)27-29(18,19)20;;;;/h3,5-7,10,16-17,32H,2,4H2,1H3,(H,21,22)(H,23,24)(H2,18,19,20);;;;/q;4*+1/p-4. The summed E-state index contributed by atoms with van der Waals surface area (Å²) in [6.45, 7) is 0.533. The summed E-state index contributed by atoms with van der Waals surface area (Å²) in [7, 11) is -18.1. The second kappa shape index (κ2) is 15.8. The third kappa shape index (κ3) is 10.9. The first-order valence-corrected chi connectivity index (χ1v) is 13.2. The maximum Gasteiger partial charge on any atom is 1.00 e. The number of amidine groups is 1. The smallest absolute Gasteiger partial charge is 0.790 e. The van der Waals surface area contributed by atoms with Gasteiger partial charge in [-0.1, -0.05) is 0 Å². The van der Waals surface area contributed by atoms with E-state index >= 15 is 0 Å². The van der Waals surface area contributed by atoms with E-state index in [9.17, 15) is 43.5 Å². The molecule has 36 heavy (non-hydrogen) atoms. The number of phosphoric ester groups is 1. The van der Waals surface area contributed by atoms with E-state index in [-0.39, 0.29) is 131 Å². The maximum absolute atomic E-state index is 11.6. The van der Waals surface area contributed by atoms with Gasteiger partial charge in [0.1, 0.15) is 41.9 Å². The van der Waals surface area contributed by atoms with Crippen molar-refractivity contribution in [3.63, 3.8) is 0 Å². The largest absolute Gasteiger partial charge is 1.00 e. The number of hydrogen-bond acceptors (Lipinski definition) is 18. The first kappa shape index (κ1) is 41.6. The molecule has 1 saturated heterocycles. The molecule has 25 heteroatoms. The molecule has 0 saturated carbocycles. The van der Waals surface area contributed by atoms with Crippen LogP contribution in [-0.2, 0) is 31.6 Å². The number of fused-ring (bicyclic) bond motifs is 1. The Hall–Kier alpha value is 3.45. The van der Waals surface area contributed by atoms with Gasteiger partial charge in [0, 0.05) is 0 Å². The molecule has 3 rings (SSSR count). The first-order chi connectivity index (χ1) is 14.5. The summed E-state index contributed by atoms with van der Waals surface area (Å²) in [6.07, 6.45) is -4.86. The number of aliphatic imine (C=N–C) groups is 3. The third-order valence-electron chi connectivity index (χ3n) is 4.24. The molecular formula is C11H15N4Na4O13P3S. The summed E-state index contributed by atoms with van der Waals surface area (Å²) in [5.41, 5.74) is 0.367. The molecule has 17 nitrogen and oxygen atoms in total. The van der Waals surface area contributed by atoms with Gasteiger partial charge in [-0.25, -0.2) is 14.3 Å². The number of aliphatic hydroxyl groups excluding tert-OH is 2. The number of hydrogen-bond donors (Lipinski definition) is 3. The van der Waals surface area contributed by atoms with Crippen molar-refractivity contribution in [2.75, 3.05) is 13.3 Å². The van der Waals surface area contributed by atoms with E-state index in [4.69, 9.17) is 4.74 Å². The zero-order valence-corrected chi connectivity index (χ0v) is 31.3. The molecule has 182 valence electrons. The van der Waals surface area contributed by atoms with Gasteiger partial charge in [0.15, 0.2) is 12.1 Å². The number of phosphoric acid groups is 3. The van der Waals surface area contributed by atoms with Crippen molar-refractivity contribution in [2.45, 2.75) is 36.3 Å². The van der Waals surface area contributed by atoms with E-state index in [0.29, 0.717) is 5.71 Å². The molecule has 0 radical (unpaired) electrons. The average Bonchev–Trinajstić information content (AvgIpc) is 3.13. The fourth-order valence-electron chi connectivity index (χ4n) is 2.95. The van der Waals surface area contributed by atoms with Gasteiger partial charge < -0.3 is 48.5 Å². The molecule has 0 amide bonds. The Morgan fingerprint density at radius 1 is 1.11 bits per heavy atom. The normalized spacial score (nSPS) is 32.3. The van der Waals surface area contributed by atoms with Crippen LogP contribution in [0, 0.1) is 0 Å². The Bertz CT molecular complexity index is 1020. The fourth-order valence-corrected chi connectivity index (χ4v) is 6.04. The van der Waals surface area contributed by atoms with Crippen LogP contribution in [0.25, 0.3) is 0 Å². The topological polar surface area (TPSA) is 261 Å². The second-order valence-electron chi connectivity index (χ2n) is 6.68. The van der Waals surface area contributed by atoms with E-state index in [2.05, 4.69) is 40.8 Å². The van der Waals surface area contributed by atoms with Gasteiger partial charge in [-0.2, -0.15) is 0 Å². The average molecular weight is 628 g/mol. The van der Waals surface area contributed by atoms with Crippen molar-refractivity contribution in [2.24, 2.45) is 15.0 Å². The van der Waals surface area contributed by atoms with Gasteiger partial charge in [-0.05, 0) is 6.92 Å². The first-order valence-electron chi connectivity index (χ1n) is 8.40. The van der Waals surface area contributed by atoms with Gasteiger partial charge in [-0.15, -0.1) is 12.6 Å². The van der Waals surface area contributed by atoms with Crippen LogP contribution in [0.4, 0.5) is 0 Å². The fraction of sp³-hybridized carbons (Fsp3) is 0.727. The molecule has 7 atom stereocenters. The van der Waals surface area contributed by atoms with Crippen LogP contribution in [0.15, 0.2) is 15.0 Å². The van der Waals surface area contributed by atoms with Gasteiger partial charge in [0.25, 0.3) is 15.6 Å². The monoisotopic (exact) mass is 628 g/mol. The zero-order chi connectivity index (χ0) is 24.1. The molecule has 0 spiro atoms. The summed E-state index contributed by atoms with van der Waals surface area (Å²) in [4.78, 5) is 56.2. The van der Waals surface area contributed by atoms with Crippen molar-refractivity contribution in [3.8, 4) is 0 Å². The molecule has 3 heterocycles.